The normalized spacial score (nSPS) is 16.4. The third kappa shape index (κ3) is 4.45. The Balaban J connectivity index is 1.51. The van der Waals surface area contributed by atoms with E-state index in [-0.39, 0.29) is 5.56 Å². The molecule has 0 bridgehead atoms. The lowest BCUT2D eigenvalue weighted by Crippen LogP contribution is -2.49. The van der Waals surface area contributed by atoms with Crippen LogP contribution in [-0.2, 0) is 18.3 Å². The molecule has 1 atom stereocenters. The molecule has 0 amide bonds. The predicted octanol–water partition coefficient (Wildman–Crippen LogP) is 2.26. The van der Waals surface area contributed by atoms with Gasteiger partial charge in [-0.2, -0.15) is 0 Å². The van der Waals surface area contributed by atoms with Crippen LogP contribution < -0.4 is 0 Å². The lowest BCUT2D eigenvalue weighted by atomic mass is 10.0. The van der Waals surface area contributed by atoms with E-state index in [4.69, 9.17) is 0 Å². The summed E-state index contributed by atoms with van der Waals surface area (Å²) in [5, 5.41) is 20.1. The maximum absolute atomic E-state index is 12.3. The summed E-state index contributed by atoms with van der Waals surface area (Å²) < 4.78 is 1.86. The molecule has 1 aliphatic rings. The Labute approximate surface area is 180 Å². The van der Waals surface area contributed by atoms with Crippen molar-refractivity contribution >= 4 is 22.8 Å². The minimum atomic E-state index is -1.02. The molecule has 2 aromatic heterocycles. The Morgan fingerprint density at radius 2 is 1.77 bits per heavy atom. The second-order valence-corrected chi connectivity index (χ2v) is 7.96. The topological polar surface area (TPSA) is 98.9 Å². The minimum Gasteiger partial charge on any atom is -0.480 e. The highest BCUT2D eigenvalue weighted by molar-refractivity contribution is 5.96. The second-order valence-electron chi connectivity index (χ2n) is 7.96. The third-order valence-corrected chi connectivity index (χ3v) is 6.03. The summed E-state index contributed by atoms with van der Waals surface area (Å²) in [7, 11) is 1.85. The van der Waals surface area contributed by atoms with Gasteiger partial charge in [0.15, 0.2) is 0 Å². The van der Waals surface area contributed by atoms with E-state index in [0.717, 1.165) is 31.6 Å². The van der Waals surface area contributed by atoms with Crippen molar-refractivity contribution in [3.63, 3.8) is 0 Å². The van der Waals surface area contributed by atoms with Crippen molar-refractivity contribution in [3.8, 4) is 0 Å². The standard InChI is InChI=1S/C23H26N4O4/c1-25-15-19(18-14-17(22(28)29)2-3-20(18)25)21(23(30)31)27-12-10-26(11-13-27)9-6-16-4-7-24-8-5-16/h2-5,7-8,14-15,21H,6,9-13H2,1H3,(H,28,29)(H,30,31)/t21-/m1/s1. The van der Waals surface area contributed by atoms with Crippen molar-refractivity contribution in [1.82, 2.24) is 19.4 Å². The summed E-state index contributed by atoms with van der Waals surface area (Å²) in [5.74, 6) is -1.94. The van der Waals surface area contributed by atoms with Crippen LogP contribution in [0.25, 0.3) is 10.9 Å². The first kappa shape index (κ1) is 21.0. The van der Waals surface area contributed by atoms with Crippen molar-refractivity contribution in [1.29, 1.82) is 0 Å². The van der Waals surface area contributed by atoms with Gasteiger partial charge < -0.3 is 19.7 Å². The molecular formula is C23H26N4O4. The second kappa shape index (κ2) is 8.87. The summed E-state index contributed by atoms with van der Waals surface area (Å²) in [4.78, 5) is 32.1. The number of carboxylic acids is 2. The number of aryl methyl sites for hydroxylation is 1. The van der Waals surface area contributed by atoms with Crippen molar-refractivity contribution in [2.45, 2.75) is 12.5 Å². The fourth-order valence-corrected chi connectivity index (χ4v) is 4.34. The number of aromatic nitrogens is 2. The SMILES string of the molecule is Cn1cc([C@H](C(=O)O)N2CCN(CCc3ccncc3)CC2)c2cc(C(=O)O)ccc21. The van der Waals surface area contributed by atoms with Crippen LogP contribution in [0.5, 0.6) is 0 Å². The number of aromatic carboxylic acids is 1. The number of nitrogens with zero attached hydrogens (tertiary/aromatic N) is 4. The number of fused-ring (bicyclic) bond motifs is 1. The average Bonchev–Trinajstić information content (AvgIpc) is 3.09. The number of carbonyl (C=O) groups is 2. The Morgan fingerprint density at radius 3 is 2.42 bits per heavy atom. The van der Waals surface area contributed by atoms with Crippen molar-refractivity contribution < 1.29 is 19.8 Å². The van der Waals surface area contributed by atoms with Crippen LogP contribution in [-0.4, -0.2) is 74.2 Å². The molecule has 0 unspecified atom stereocenters. The molecule has 8 nitrogen and oxygen atoms in total. The fourth-order valence-electron chi connectivity index (χ4n) is 4.34. The lowest BCUT2D eigenvalue weighted by Gasteiger charge is -2.37. The number of hydrogen-bond acceptors (Lipinski definition) is 5. The van der Waals surface area contributed by atoms with E-state index >= 15 is 0 Å². The maximum Gasteiger partial charge on any atom is 0.335 e. The molecule has 1 aliphatic heterocycles. The van der Waals surface area contributed by atoms with Gasteiger partial charge in [0.1, 0.15) is 6.04 Å². The zero-order valence-corrected chi connectivity index (χ0v) is 17.4. The third-order valence-electron chi connectivity index (χ3n) is 6.03. The van der Waals surface area contributed by atoms with Crippen LogP contribution in [0.15, 0.2) is 48.9 Å². The summed E-state index contributed by atoms with van der Waals surface area (Å²) in [6.07, 6.45) is 6.34. The highest BCUT2D eigenvalue weighted by Gasteiger charge is 2.32. The molecule has 1 fully saturated rings. The van der Waals surface area contributed by atoms with E-state index < -0.39 is 18.0 Å². The molecule has 3 aromatic rings. The van der Waals surface area contributed by atoms with Gasteiger partial charge in [0, 0.05) is 74.8 Å². The molecule has 0 radical (unpaired) electrons. The van der Waals surface area contributed by atoms with Gasteiger partial charge in [-0.15, -0.1) is 0 Å². The van der Waals surface area contributed by atoms with Gasteiger partial charge in [-0.25, -0.2) is 4.79 Å². The van der Waals surface area contributed by atoms with Crippen LogP contribution in [0.3, 0.4) is 0 Å². The predicted molar refractivity (Wildman–Crippen MR) is 116 cm³/mol. The molecule has 0 spiro atoms. The van der Waals surface area contributed by atoms with Gasteiger partial charge in [-0.05, 0) is 42.3 Å². The Bertz CT molecular complexity index is 1090. The number of hydrogen-bond donors (Lipinski definition) is 2. The molecule has 4 rings (SSSR count). The first-order chi connectivity index (χ1) is 14.9. The van der Waals surface area contributed by atoms with Crippen molar-refractivity contribution in [2.24, 2.45) is 7.05 Å². The van der Waals surface area contributed by atoms with Gasteiger partial charge in [-0.1, -0.05) is 0 Å². The molecule has 1 saturated heterocycles. The molecule has 1 aromatic carbocycles. The van der Waals surface area contributed by atoms with Crippen LogP contribution in [0.2, 0.25) is 0 Å². The number of rotatable bonds is 7. The van der Waals surface area contributed by atoms with Crippen molar-refractivity contribution in [2.75, 3.05) is 32.7 Å². The number of benzene rings is 1. The van der Waals surface area contributed by atoms with Crippen molar-refractivity contribution in [3.05, 3.63) is 65.6 Å². The van der Waals surface area contributed by atoms with E-state index in [9.17, 15) is 19.8 Å². The first-order valence-electron chi connectivity index (χ1n) is 10.3. The van der Waals surface area contributed by atoms with E-state index in [0.29, 0.717) is 24.0 Å². The number of carboxylic acid groups (broad SMARTS) is 2. The smallest absolute Gasteiger partial charge is 0.335 e. The summed E-state index contributed by atoms with van der Waals surface area (Å²) >= 11 is 0. The Morgan fingerprint density at radius 1 is 1.06 bits per heavy atom. The fraction of sp³-hybridized carbons (Fsp3) is 0.348. The van der Waals surface area contributed by atoms with Gasteiger partial charge in [0.05, 0.1) is 5.56 Å². The highest BCUT2D eigenvalue weighted by atomic mass is 16.4. The monoisotopic (exact) mass is 422 g/mol. The zero-order chi connectivity index (χ0) is 22.0. The number of piperazine rings is 1. The summed E-state index contributed by atoms with van der Waals surface area (Å²) in [6, 6.07) is 8.08. The summed E-state index contributed by atoms with van der Waals surface area (Å²) in [6.45, 7) is 3.79. The molecule has 31 heavy (non-hydrogen) atoms. The zero-order valence-electron chi connectivity index (χ0n) is 17.4. The molecule has 162 valence electrons. The number of pyridine rings is 1. The Kier molecular flexibility index (Phi) is 6.01. The maximum atomic E-state index is 12.3. The molecule has 0 saturated carbocycles. The molecule has 8 heteroatoms. The van der Waals surface area contributed by atoms with Crippen LogP contribution in [0, 0.1) is 0 Å². The Hall–Kier alpha value is -3.23. The van der Waals surface area contributed by atoms with E-state index in [1.807, 2.05) is 34.8 Å². The number of aliphatic carboxylic acids is 1. The minimum absolute atomic E-state index is 0.157. The quantitative estimate of drug-likeness (QED) is 0.603. The largest absolute Gasteiger partial charge is 0.480 e. The van der Waals surface area contributed by atoms with Gasteiger partial charge in [0.2, 0.25) is 0 Å². The molecular weight excluding hydrogens is 396 g/mol. The van der Waals surface area contributed by atoms with E-state index in [1.54, 1.807) is 30.6 Å². The van der Waals surface area contributed by atoms with Crippen LogP contribution >= 0.6 is 0 Å². The molecule has 2 N–H and O–H groups in total. The van der Waals surface area contributed by atoms with Crippen LogP contribution in [0.4, 0.5) is 0 Å². The van der Waals surface area contributed by atoms with Gasteiger partial charge in [-0.3, -0.25) is 14.7 Å². The van der Waals surface area contributed by atoms with Gasteiger partial charge >= 0.3 is 11.9 Å². The van der Waals surface area contributed by atoms with E-state index in [2.05, 4.69) is 9.88 Å². The first-order valence-corrected chi connectivity index (χ1v) is 10.3. The summed E-state index contributed by atoms with van der Waals surface area (Å²) in [5.41, 5.74) is 2.86. The molecule has 3 heterocycles. The lowest BCUT2D eigenvalue weighted by molar-refractivity contribution is -0.144. The molecule has 0 aliphatic carbocycles. The highest BCUT2D eigenvalue weighted by Crippen LogP contribution is 2.31. The average molecular weight is 422 g/mol. The van der Waals surface area contributed by atoms with Gasteiger partial charge in [0.25, 0.3) is 0 Å². The van der Waals surface area contributed by atoms with E-state index in [1.165, 1.54) is 5.56 Å². The van der Waals surface area contributed by atoms with Crippen LogP contribution in [0.1, 0.15) is 27.5 Å².